The van der Waals surface area contributed by atoms with Crippen LogP contribution in [-0.2, 0) is 27.9 Å². The van der Waals surface area contributed by atoms with Gasteiger partial charge in [-0.2, -0.15) is 0 Å². The Balaban J connectivity index is 4.47. The van der Waals surface area contributed by atoms with Crippen LogP contribution in [0.4, 0.5) is 0 Å². The van der Waals surface area contributed by atoms with E-state index in [9.17, 15) is 19.4 Å². The van der Waals surface area contributed by atoms with Gasteiger partial charge in [-0.3, -0.25) is 9.36 Å². The molecular weight excluding hydrogens is 725 g/mol. The van der Waals surface area contributed by atoms with Gasteiger partial charge in [-0.1, -0.05) is 132 Å². The molecule has 10 heteroatoms. The van der Waals surface area contributed by atoms with Crippen LogP contribution < -0.4 is 4.89 Å². The molecule has 0 heterocycles. The Hall–Kier alpha value is -2.26. The zero-order valence-electron chi connectivity index (χ0n) is 36.2. The highest BCUT2D eigenvalue weighted by atomic mass is 31.2. The minimum absolute atomic E-state index is 0.00372. The van der Waals surface area contributed by atoms with Crippen molar-refractivity contribution in [2.24, 2.45) is 0 Å². The van der Waals surface area contributed by atoms with Crippen LogP contribution in [0.2, 0.25) is 0 Å². The number of hydrogen-bond acceptors (Lipinski definition) is 8. The highest BCUT2D eigenvalue weighted by Crippen LogP contribution is 2.38. The minimum Gasteiger partial charge on any atom is -0.756 e. The van der Waals surface area contributed by atoms with E-state index >= 15 is 0 Å². The van der Waals surface area contributed by atoms with E-state index in [2.05, 4.69) is 32.1 Å². The minimum atomic E-state index is -4.55. The molecule has 56 heavy (non-hydrogen) atoms. The van der Waals surface area contributed by atoms with E-state index in [1.807, 2.05) is 63.7 Å². The molecule has 0 aliphatic carbocycles. The molecule has 0 radical (unpaired) electrons. The van der Waals surface area contributed by atoms with Crippen molar-refractivity contribution >= 4 is 13.8 Å². The van der Waals surface area contributed by atoms with Crippen molar-refractivity contribution in [1.82, 2.24) is 0 Å². The second kappa shape index (κ2) is 38.3. The van der Waals surface area contributed by atoms with Crippen LogP contribution >= 0.6 is 7.82 Å². The number of allylic oxidation sites excluding steroid dienone is 9. The molecule has 0 fully saturated rings. The fourth-order valence-corrected chi connectivity index (χ4v) is 6.09. The fraction of sp³-hybridized carbons (Fsp3) is 0.717. The number of carbonyl (C=O) groups is 1. The maximum absolute atomic E-state index is 12.5. The van der Waals surface area contributed by atoms with E-state index in [1.165, 1.54) is 83.5 Å². The average molecular weight is 808 g/mol. The molecule has 0 aromatic heterocycles. The number of ether oxygens (including phenoxy) is 2. The van der Waals surface area contributed by atoms with Gasteiger partial charge >= 0.3 is 5.97 Å². The maximum atomic E-state index is 12.5. The molecule has 0 saturated carbocycles. The van der Waals surface area contributed by atoms with Crippen molar-refractivity contribution in [3.63, 3.8) is 0 Å². The second-order valence-corrected chi connectivity index (χ2v) is 17.0. The van der Waals surface area contributed by atoms with Gasteiger partial charge in [0.25, 0.3) is 7.82 Å². The molecule has 0 amide bonds. The highest BCUT2D eigenvalue weighted by molar-refractivity contribution is 7.45. The molecule has 0 rings (SSSR count). The Kier molecular flexibility index (Phi) is 36.7. The number of quaternary nitrogens is 1. The Bertz CT molecular complexity index is 1140. The standard InChI is InChI=1S/C46H82NO8P/c1-6-8-10-12-14-15-16-17-18-19-20-21-22-27-31-35-40-52-45(43-55-56(50,51)54-41-39-47(3,4)5)42-53-46(49)38-34-30-26-23-25-29-33-37-44(48)36-32-28-24-13-11-9-7-2/h15-16,23-24,26,28-29,32-33,35-36,40,44-45,48H,6-14,17-22,25,27,30-31,34,37-39,41-43H2,1-5H3/b16-15-,26-23+,28-24-,33-29-,36-32-,40-35+/t44-,45-/m1/s1. The first kappa shape index (κ1) is 53.7. The van der Waals surface area contributed by atoms with Crippen LogP contribution in [0.15, 0.2) is 73.1 Å². The summed E-state index contributed by atoms with van der Waals surface area (Å²) < 4.78 is 34.2. The molecule has 0 aromatic carbocycles. The summed E-state index contributed by atoms with van der Waals surface area (Å²) in [6, 6.07) is 0. The number of phosphoric acid groups is 1. The van der Waals surface area contributed by atoms with Crippen molar-refractivity contribution in [3.8, 4) is 0 Å². The molecule has 9 nitrogen and oxygen atoms in total. The normalized spacial score (nSPS) is 15.0. The molecule has 3 atom stereocenters. The molecule has 0 aromatic rings. The van der Waals surface area contributed by atoms with Gasteiger partial charge in [-0.05, 0) is 83.1 Å². The number of nitrogens with zero attached hydrogens (tertiary/aromatic N) is 1. The largest absolute Gasteiger partial charge is 0.756 e. The smallest absolute Gasteiger partial charge is 0.305 e. The summed E-state index contributed by atoms with van der Waals surface area (Å²) >= 11 is 0. The van der Waals surface area contributed by atoms with Crippen molar-refractivity contribution in [2.45, 2.75) is 167 Å². The first-order valence-electron chi connectivity index (χ1n) is 21.8. The van der Waals surface area contributed by atoms with E-state index in [4.69, 9.17) is 18.5 Å². The SMILES string of the molecule is CCCCC/C=C\C=C/[C@@H](O)C/C=C\C/C=C/CCCC(=O)OC[C@H](COP(=O)([O-])OCC[N+](C)(C)C)O/C=C/CCCCCCCC/C=C\CCCCCC. The Morgan fingerprint density at radius 3 is 1.91 bits per heavy atom. The summed E-state index contributed by atoms with van der Waals surface area (Å²) in [6.07, 6.45) is 46.1. The number of esters is 1. The summed E-state index contributed by atoms with van der Waals surface area (Å²) in [5.74, 6) is -0.378. The van der Waals surface area contributed by atoms with Crippen molar-refractivity contribution in [2.75, 3.05) is 47.5 Å². The molecule has 0 bridgehead atoms. The third-order valence-corrected chi connectivity index (χ3v) is 9.86. The van der Waals surface area contributed by atoms with Crippen LogP contribution in [0.1, 0.15) is 155 Å². The predicted octanol–water partition coefficient (Wildman–Crippen LogP) is 11.4. The average Bonchev–Trinajstić information content (AvgIpc) is 3.15. The second-order valence-electron chi connectivity index (χ2n) is 15.6. The Labute approximate surface area is 343 Å². The quantitative estimate of drug-likeness (QED) is 0.0124. The number of aliphatic hydroxyl groups excluding tert-OH is 1. The topological polar surface area (TPSA) is 114 Å². The molecular formula is C46H82NO8P. The fourth-order valence-electron chi connectivity index (χ4n) is 5.36. The van der Waals surface area contributed by atoms with Gasteiger partial charge < -0.3 is 33.0 Å². The van der Waals surface area contributed by atoms with E-state index in [0.717, 1.165) is 38.5 Å². The zero-order valence-corrected chi connectivity index (χ0v) is 37.1. The summed E-state index contributed by atoms with van der Waals surface area (Å²) in [5, 5.41) is 10.1. The molecule has 0 saturated heterocycles. The van der Waals surface area contributed by atoms with Gasteiger partial charge in [0.1, 0.15) is 19.8 Å². The molecule has 1 unspecified atom stereocenters. The zero-order chi connectivity index (χ0) is 41.4. The number of aliphatic hydroxyl groups is 1. The van der Waals surface area contributed by atoms with Crippen molar-refractivity contribution in [3.05, 3.63) is 73.1 Å². The molecule has 1 N–H and O–H groups in total. The lowest BCUT2D eigenvalue weighted by molar-refractivity contribution is -0.870. The molecule has 324 valence electrons. The maximum Gasteiger partial charge on any atom is 0.305 e. The summed E-state index contributed by atoms with van der Waals surface area (Å²) in [7, 11) is 1.28. The van der Waals surface area contributed by atoms with Crippen molar-refractivity contribution < 1.29 is 42.4 Å². The lowest BCUT2D eigenvalue weighted by Crippen LogP contribution is -2.37. The van der Waals surface area contributed by atoms with Gasteiger partial charge in [0.2, 0.25) is 0 Å². The highest BCUT2D eigenvalue weighted by Gasteiger charge is 2.19. The van der Waals surface area contributed by atoms with Gasteiger partial charge in [0, 0.05) is 6.42 Å². The molecule has 0 aliphatic heterocycles. The third-order valence-electron chi connectivity index (χ3n) is 8.90. The van der Waals surface area contributed by atoms with Crippen LogP contribution in [0.5, 0.6) is 0 Å². The van der Waals surface area contributed by atoms with E-state index in [1.54, 1.807) is 12.3 Å². The first-order valence-corrected chi connectivity index (χ1v) is 23.3. The molecule has 0 aliphatic rings. The van der Waals surface area contributed by atoms with Gasteiger partial charge in [-0.25, -0.2) is 0 Å². The number of rotatable bonds is 39. The van der Waals surface area contributed by atoms with Crippen LogP contribution in [0.25, 0.3) is 0 Å². The van der Waals surface area contributed by atoms with Gasteiger partial charge in [0.15, 0.2) is 6.10 Å². The number of phosphoric ester groups is 1. The van der Waals surface area contributed by atoms with E-state index in [-0.39, 0.29) is 32.2 Å². The van der Waals surface area contributed by atoms with Crippen molar-refractivity contribution in [1.29, 1.82) is 0 Å². The lowest BCUT2D eigenvalue weighted by Gasteiger charge is -2.28. The summed E-state index contributed by atoms with van der Waals surface area (Å²) in [5.41, 5.74) is 0. The predicted molar refractivity (Wildman–Crippen MR) is 232 cm³/mol. The summed E-state index contributed by atoms with van der Waals surface area (Å²) in [4.78, 5) is 24.8. The van der Waals surface area contributed by atoms with Crippen LogP contribution in [-0.4, -0.2) is 75.3 Å². The monoisotopic (exact) mass is 808 g/mol. The Morgan fingerprint density at radius 1 is 0.679 bits per heavy atom. The van der Waals surface area contributed by atoms with E-state index in [0.29, 0.717) is 23.9 Å². The number of hydrogen-bond donors (Lipinski definition) is 1. The number of unbranched alkanes of at least 4 members (excludes halogenated alkanes) is 15. The Morgan fingerprint density at radius 2 is 1.23 bits per heavy atom. The van der Waals surface area contributed by atoms with E-state index < -0.39 is 20.0 Å². The van der Waals surface area contributed by atoms with Gasteiger partial charge in [0.05, 0.1) is 40.1 Å². The lowest BCUT2D eigenvalue weighted by atomic mass is 10.1. The number of likely N-dealkylation sites (N-methyl/N-ethyl adjacent to an activating group) is 1. The van der Waals surface area contributed by atoms with Gasteiger partial charge in [-0.15, -0.1) is 0 Å². The van der Waals surface area contributed by atoms with Crippen LogP contribution in [0, 0.1) is 0 Å². The first-order chi connectivity index (χ1) is 27.0. The number of carbonyl (C=O) groups excluding carboxylic acids is 1. The third kappa shape index (κ3) is 41.4. The molecule has 0 spiro atoms. The summed E-state index contributed by atoms with van der Waals surface area (Å²) in [6.45, 7) is 4.49. The van der Waals surface area contributed by atoms with Crippen LogP contribution in [0.3, 0.4) is 0 Å².